The van der Waals surface area contributed by atoms with Crippen LogP contribution in [-0.4, -0.2) is 23.9 Å². The molecule has 6 nitrogen and oxygen atoms in total. The minimum Gasteiger partial charge on any atom is -0.507 e. The van der Waals surface area contributed by atoms with E-state index in [-0.39, 0.29) is 11.3 Å². The van der Waals surface area contributed by atoms with Gasteiger partial charge in [-0.25, -0.2) is 4.39 Å². The van der Waals surface area contributed by atoms with Gasteiger partial charge >= 0.3 is 0 Å². The van der Waals surface area contributed by atoms with E-state index >= 15 is 0 Å². The number of anilines is 1. The van der Waals surface area contributed by atoms with E-state index < -0.39 is 23.5 Å². The summed E-state index contributed by atoms with van der Waals surface area (Å²) in [5.41, 5.74) is 1.83. The van der Waals surface area contributed by atoms with Gasteiger partial charge in [0.15, 0.2) is 0 Å². The van der Waals surface area contributed by atoms with Crippen molar-refractivity contribution in [3.8, 4) is 17.2 Å². The highest BCUT2D eigenvalue weighted by Gasteiger charge is 2.47. The van der Waals surface area contributed by atoms with Crippen molar-refractivity contribution in [1.29, 1.82) is 0 Å². The van der Waals surface area contributed by atoms with Crippen LogP contribution in [0.5, 0.6) is 17.2 Å². The minimum absolute atomic E-state index is 0.0792. The fraction of sp³-hybridized carbons (Fsp3) is 0.0968. The summed E-state index contributed by atoms with van der Waals surface area (Å²) in [7, 11) is 1.53. The van der Waals surface area contributed by atoms with Gasteiger partial charge in [0, 0.05) is 11.3 Å². The Balaban J connectivity index is 1.68. The average molecular weight is 510 g/mol. The topological polar surface area (TPSA) is 76.1 Å². The zero-order valence-corrected chi connectivity index (χ0v) is 20.7. The molecule has 0 saturated carbocycles. The summed E-state index contributed by atoms with van der Waals surface area (Å²) in [6, 6.07) is 25.5. The second kappa shape index (κ2) is 10.2. The summed E-state index contributed by atoms with van der Waals surface area (Å²) >= 11 is 0. The summed E-state index contributed by atoms with van der Waals surface area (Å²) < 4.78 is 25.0. The molecule has 0 bridgehead atoms. The molecule has 190 valence electrons. The predicted octanol–water partition coefficient (Wildman–Crippen LogP) is 6.56. The summed E-state index contributed by atoms with van der Waals surface area (Å²) in [5.74, 6) is -0.773. The van der Waals surface area contributed by atoms with Crippen molar-refractivity contribution in [2.24, 2.45) is 0 Å². The molecule has 4 aromatic rings. The molecule has 1 amide bonds. The van der Waals surface area contributed by atoms with Crippen LogP contribution >= 0.6 is 0 Å². The lowest BCUT2D eigenvalue weighted by atomic mass is 9.93. The molecule has 1 N–H and O–H groups in total. The molecule has 1 atom stereocenters. The maximum Gasteiger partial charge on any atom is 0.300 e. The standard InChI is InChI=1S/C31H24FNO5/c1-19-17-24(37-2)15-16-26(19)29(34)27-28(33(31(36)30(27)35)22-13-11-21(32)12-14-22)20-7-6-10-25(18-20)38-23-8-4-3-5-9-23/h3-18,28,34H,1-2H3/b29-27+. The monoisotopic (exact) mass is 509 g/mol. The van der Waals surface area contributed by atoms with Gasteiger partial charge in [0.1, 0.15) is 28.8 Å². The molecule has 38 heavy (non-hydrogen) atoms. The molecule has 0 aromatic heterocycles. The fourth-order valence-electron chi connectivity index (χ4n) is 4.56. The third-order valence-corrected chi connectivity index (χ3v) is 6.39. The van der Waals surface area contributed by atoms with Crippen LogP contribution in [0.15, 0.2) is 103 Å². The molecule has 1 heterocycles. The maximum absolute atomic E-state index is 13.7. The number of halogens is 1. The number of amides is 1. The number of para-hydroxylation sites is 1. The van der Waals surface area contributed by atoms with E-state index in [0.29, 0.717) is 39.6 Å². The van der Waals surface area contributed by atoms with Gasteiger partial charge in [-0.1, -0.05) is 30.3 Å². The SMILES string of the molecule is COc1ccc(/C(O)=C2\C(=O)C(=O)N(c3ccc(F)cc3)C2c2cccc(Oc3ccccc3)c2)c(C)c1. The molecular formula is C31H24FNO5. The normalized spacial score (nSPS) is 16.5. The second-order valence-electron chi connectivity index (χ2n) is 8.81. The van der Waals surface area contributed by atoms with Crippen LogP contribution in [0.1, 0.15) is 22.7 Å². The number of rotatable bonds is 6. The third-order valence-electron chi connectivity index (χ3n) is 6.39. The lowest BCUT2D eigenvalue weighted by Gasteiger charge is -2.26. The molecule has 0 spiro atoms. The lowest BCUT2D eigenvalue weighted by molar-refractivity contribution is -0.132. The quantitative estimate of drug-likeness (QED) is 0.181. The van der Waals surface area contributed by atoms with Crippen molar-refractivity contribution in [3.63, 3.8) is 0 Å². The number of aliphatic hydroxyl groups excluding tert-OH is 1. The smallest absolute Gasteiger partial charge is 0.300 e. The van der Waals surface area contributed by atoms with E-state index in [1.807, 2.05) is 30.3 Å². The van der Waals surface area contributed by atoms with E-state index in [2.05, 4.69) is 0 Å². The van der Waals surface area contributed by atoms with Crippen molar-refractivity contribution in [2.45, 2.75) is 13.0 Å². The molecule has 1 fully saturated rings. The first kappa shape index (κ1) is 24.8. The zero-order valence-electron chi connectivity index (χ0n) is 20.7. The van der Waals surface area contributed by atoms with E-state index in [4.69, 9.17) is 9.47 Å². The van der Waals surface area contributed by atoms with Gasteiger partial charge in [-0.15, -0.1) is 0 Å². The van der Waals surface area contributed by atoms with E-state index in [1.165, 1.54) is 36.3 Å². The summed E-state index contributed by atoms with van der Waals surface area (Å²) in [4.78, 5) is 28.1. The molecule has 0 aliphatic carbocycles. The minimum atomic E-state index is -0.985. The summed E-state index contributed by atoms with van der Waals surface area (Å²) in [5, 5.41) is 11.4. The van der Waals surface area contributed by atoms with E-state index in [9.17, 15) is 19.1 Å². The van der Waals surface area contributed by atoms with Gasteiger partial charge in [0.05, 0.1) is 18.7 Å². The number of benzene rings is 4. The predicted molar refractivity (Wildman–Crippen MR) is 142 cm³/mol. The Labute approximate surface area is 219 Å². The van der Waals surface area contributed by atoms with Gasteiger partial charge in [-0.05, 0) is 84.8 Å². The molecular weight excluding hydrogens is 485 g/mol. The van der Waals surface area contributed by atoms with Crippen molar-refractivity contribution in [3.05, 3.63) is 125 Å². The summed E-state index contributed by atoms with van der Waals surface area (Å²) in [6.07, 6.45) is 0. The number of carbonyl (C=O) groups excluding carboxylic acids is 2. The number of hydrogen-bond acceptors (Lipinski definition) is 5. The van der Waals surface area contributed by atoms with Crippen LogP contribution in [0.2, 0.25) is 0 Å². The molecule has 1 aliphatic heterocycles. The van der Waals surface area contributed by atoms with Crippen molar-refractivity contribution in [2.75, 3.05) is 12.0 Å². The highest BCUT2D eigenvalue weighted by molar-refractivity contribution is 6.51. The fourth-order valence-corrected chi connectivity index (χ4v) is 4.56. The van der Waals surface area contributed by atoms with Crippen LogP contribution < -0.4 is 14.4 Å². The highest BCUT2D eigenvalue weighted by Crippen LogP contribution is 2.43. The zero-order chi connectivity index (χ0) is 26.8. The molecule has 7 heteroatoms. The average Bonchev–Trinajstić information content (AvgIpc) is 3.19. The first-order valence-corrected chi connectivity index (χ1v) is 11.9. The first-order valence-electron chi connectivity index (χ1n) is 11.9. The molecule has 1 aliphatic rings. The number of Topliss-reactive ketones (excluding diaryl/α,β-unsaturated/α-hetero) is 1. The van der Waals surface area contributed by atoms with E-state index in [0.717, 1.165) is 0 Å². The molecule has 1 saturated heterocycles. The lowest BCUT2D eigenvalue weighted by Crippen LogP contribution is -2.29. The van der Waals surface area contributed by atoms with Gasteiger partial charge in [0.25, 0.3) is 11.7 Å². The second-order valence-corrected chi connectivity index (χ2v) is 8.81. The van der Waals surface area contributed by atoms with Gasteiger partial charge in [-0.2, -0.15) is 0 Å². The highest BCUT2D eigenvalue weighted by atomic mass is 19.1. The van der Waals surface area contributed by atoms with Crippen LogP contribution in [-0.2, 0) is 9.59 Å². The molecule has 0 radical (unpaired) electrons. The van der Waals surface area contributed by atoms with Crippen molar-refractivity contribution in [1.82, 2.24) is 0 Å². The number of carbonyl (C=O) groups is 2. The molecule has 1 unspecified atom stereocenters. The largest absolute Gasteiger partial charge is 0.507 e. The number of aliphatic hydroxyl groups is 1. The number of ketones is 1. The van der Waals surface area contributed by atoms with Crippen LogP contribution in [0.4, 0.5) is 10.1 Å². The van der Waals surface area contributed by atoms with Crippen LogP contribution in [0.25, 0.3) is 5.76 Å². The van der Waals surface area contributed by atoms with Gasteiger partial charge in [0.2, 0.25) is 0 Å². The number of hydrogen-bond donors (Lipinski definition) is 1. The Bertz CT molecular complexity index is 1550. The maximum atomic E-state index is 13.7. The number of ether oxygens (including phenoxy) is 2. The Morgan fingerprint density at radius 3 is 2.24 bits per heavy atom. The van der Waals surface area contributed by atoms with Crippen molar-refractivity contribution < 1.29 is 28.6 Å². The number of nitrogens with zero attached hydrogens (tertiary/aromatic N) is 1. The Hall–Kier alpha value is -4.91. The third kappa shape index (κ3) is 4.62. The first-order chi connectivity index (χ1) is 18.4. The van der Waals surface area contributed by atoms with Gasteiger partial charge < -0.3 is 14.6 Å². The molecule has 4 aromatic carbocycles. The Morgan fingerprint density at radius 1 is 0.842 bits per heavy atom. The summed E-state index contributed by atoms with van der Waals surface area (Å²) in [6.45, 7) is 1.77. The number of aryl methyl sites for hydroxylation is 1. The number of methoxy groups -OCH3 is 1. The van der Waals surface area contributed by atoms with E-state index in [1.54, 1.807) is 49.4 Å². The Morgan fingerprint density at radius 2 is 1.55 bits per heavy atom. The van der Waals surface area contributed by atoms with Gasteiger partial charge in [-0.3, -0.25) is 14.5 Å². The van der Waals surface area contributed by atoms with Crippen LogP contribution in [0.3, 0.4) is 0 Å². The van der Waals surface area contributed by atoms with Crippen LogP contribution in [0, 0.1) is 12.7 Å². The molecule has 5 rings (SSSR count). The van der Waals surface area contributed by atoms with Crippen molar-refractivity contribution >= 4 is 23.1 Å². The Kier molecular flexibility index (Phi) is 6.66.